The molecule has 6 N–H and O–H groups in total. The standard InChI is InChI=1S/C19H21N3O2.C4H4O4/c1-19(2)15-6-4-3-5-14(15)17(22-18(19)24)12-7-9-13(10-8-12)21-16(23)11-20;5-3(6)1-2-4(7)8/h3-10,17H,11,20H2,1-2H3,(H,21,23)(H,22,24);1-2H,(H,5,6)(H,7,8)/b;2-1+. The van der Waals surface area contributed by atoms with Crippen molar-refractivity contribution in [3.05, 3.63) is 77.4 Å². The summed E-state index contributed by atoms with van der Waals surface area (Å²) < 4.78 is 0. The largest absolute Gasteiger partial charge is 0.478 e. The van der Waals surface area contributed by atoms with Gasteiger partial charge in [-0.25, -0.2) is 9.59 Å². The first-order chi connectivity index (χ1) is 15.1. The normalized spacial score (nSPS) is 16.2. The molecule has 0 fully saturated rings. The maximum absolute atomic E-state index is 12.5. The Morgan fingerprint density at radius 2 is 1.59 bits per heavy atom. The Kier molecular flexibility index (Phi) is 7.86. The number of anilines is 1. The minimum Gasteiger partial charge on any atom is -0.478 e. The molecule has 0 aromatic heterocycles. The van der Waals surface area contributed by atoms with Crippen LogP contribution in [-0.2, 0) is 24.6 Å². The smallest absolute Gasteiger partial charge is 0.328 e. The summed E-state index contributed by atoms with van der Waals surface area (Å²) in [5.41, 5.74) is 8.54. The number of benzene rings is 2. The van der Waals surface area contributed by atoms with Gasteiger partial charge >= 0.3 is 11.9 Å². The van der Waals surface area contributed by atoms with Crippen molar-refractivity contribution >= 4 is 29.4 Å². The SMILES string of the molecule is CC1(C)C(=O)NC(c2ccc(NC(=O)CN)cc2)c2ccccc21.O=C(O)/C=C/C(=O)O. The van der Waals surface area contributed by atoms with Gasteiger partial charge in [-0.2, -0.15) is 0 Å². The molecule has 2 amide bonds. The van der Waals surface area contributed by atoms with Crippen molar-refractivity contribution in [3.63, 3.8) is 0 Å². The first-order valence-corrected chi connectivity index (χ1v) is 9.70. The molecule has 9 nitrogen and oxygen atoms in total. The topological polar surface area (TPSA) is 159 Å². The summed E-state index contributed by atoms with van der Waals surface area (Å²) in [6.07, 6.45) is 1.12. The van der Waals surface area contributed by atoms with Crippen LogP contribution in [0.1, 0.15) is 36.6 Å². The van der Waals surface area contributed by atoms with Crippen LogP contribution in [-0.4, -0.2) is 40.5 Å². The highest BCUT2D eigenvalue weighted by atomic mass is 16.4. The first kappa shape index (κ1) is 24.3. The number of carboxylic acid groups (broad SMARTS) is 2. The molecule has 1 aliphatic heterocycles. The second-order valence-electron chi connectivity index (χ2n) is 7.50. The summed E-state index contributed by atoms with van der Waals surface area (Å²) in [5.74, 6) is -2.74. The predicted octanol–water partition coefficient (Wildman–Crippen LogP) is 1.79. The minimum absolute atomic E-state index is 0.00621. The first-order valence-electron chi connectivity index (χ1n) is 9.70. The highest BCUT2D eigenvalue weighted by molar-refractivity contribution is 5.92. The number of aliphatic carboxylic acids is 2. The molecule has 0 spiro atoms. The van der Waals surface area contributed by atoms with Crippen LogP contribution in [0.15, 0.2) is 60.7 Å². The summed E-state index contributed by atoms with van der Waals surface area (Å²) in [6.45, 7) is 3.81. The Morgan fingerprint density at radius 3 is 2.12 bits per heavy atom. The monoisotopic (exact) mass is 439 g/mol. The fraction of sp³-hybridized carbons (Fsp3) is 0.217. The second-order valence-corrected chi connectivity index (χ2v) is 7.50. The third-order valence-electron chi connectivity index (χ3n) is 4.87. The number of hydrogen-bond donors (Lipinski definition) is 5. The number of nitrogens with one attached hydrogen (secondary N) is 2. The van der Waals surface area contributed by atoms with Crippen LogP contribution < -0.4 is 16.4 Å². The average molecular weight is 439 g/mol. The van der Waals surface area contributed by atoms with Gasteiger partial charge in [0.25, 0.3) is 0 Å². The van der Waals surface area contributed by atoms with E-state index in [2.05, 4.69) is 10.6 Å². The Balaban J connectivity index is 0.000000390. The molecule has 3 rings (SSSR count). The molecule has 0 saturated carbocycles. The van der Waals surface area contributed by atoms with Gasteiger partial charge in [-0.3, -0.25) is 9.59 Å². The van der Waals surface area contributed by atoms with Crippen LogP contribution in [0, 0.1) is 0 Å². The number of carboxylic acids is 2. The van der Waals surface area contributed by atoms with Gasteiger partial charge in [0.05, 0.1) is 18.0 Å². The lowest BCUT2D eigenvalue weighted by molar-refractivity contribution is -0.134. The van der Waals surface area contributed by atoms with Crippen LogP contribution in [0.5, 0.6) is 0 Å². The summed E-state index contributed by atoms with van der Waals surface area (Å²) in [6, 6.07) is 15.3. The molecule has 1 atom stereocenters. The summed E-state index contributed by atoms with van der Waals surface area (Å²) in [4.78, 5) is 43.0. The van der Waals surface area contributed by atoms with E-state index in [9.17, 15) is 19.2 Å². The van der Waals surface area contributed by atoms with E-state index in [1.54, 1.807) is 0 Å². The lowest BCUT2D eigenvalue weighted by atomic mass is 9.75. The molecule has 2 aromatic rings. The lowest BCUT2D eigenvalue weighted by Crippen LogP contribution is -2.47. The third-order valence-corrected chi connectivity index (χ3v) is 4.87. The number of carbonyl (C=O) groups is 4. The number of rotatable bonds is 5. The summed E-state index contributed by atoms with van der Waals surface area (Å²) in [5, 5.41) is 21.4. The van der Waals surface area contributed by atoms with Crippen LogP contribution in [0.3, 0.4) is 0 Å². The van der Waals surface area contributed by atoms with Gasteiger partial charge in [0.1, 0.15) is 0 Å². The summed E-state index contributed by atoms with van der Waals surface area (Å²) in [7, 11) is 0. The molecule has 1 aliphatic rings. The Hall–Kier alpha value is -3.98. The zero-order valence-electron chi connectivity index (χ0n) is 17.7. The number of amides is 2. The van der Waals surface area contributed by atoms with Gasteiger partial charge in [-0.15, -0.1) is 0 Å². The van der Waals surface area contributed by atoms with E-state index < -0.39 is 17.4 Å². The van der Waals surface area contributed by atoms with Crippen molar-refractivity contribution in [2.24, 2.45) is 5.73 Å². The summed E-state index contributed by atoms with van der Waals surface area (Å²) >= 11 is 0. The Morgan fingerprint density at radius 1 is 1.03 bits per heavy atom. The molecule has 168 valence electrons. The van der Waals surface area contributed by atoms with Gasteiger partial charge in [-0.1, -0.05) is 36.4 Å². The van der Waals surface area contributed by atoms with Crippen LogP contribution in [0.4, 0.5) is 5.69 Å². The molecule has 0 saturated heterocycles. The Labute approximate surface area is 184 Å². The van der Waals surface area contributed by atoms with E-state index in [0.29, 0.717) is 17.8 Å². The lowest BCUT2D eigenvalue weighted by Gasteiger charge is -2.37. The maximum Gasteiger partial charge on any atom is 0.328 e. The van der Waals surface area contributed by atoms with Crippen LogP contribution >= 0.6 is 0 Å². The van der Waals surface area contributed by atoms with Crippen molar-refractivity contribution in [1.82, 2.24) is 5.32 Å². The van der Waals surface area contributed by atoms with Gasteiger partial charge in [0.2, 0.25) is 11.8 Å². The molecule has 32 heavy (non-hydrogen) atoms. The van der Waals surface area contributed by atoms with Gasteiger partial charge < -0.3 is 26.6 Å². The molecular weight excluding hydrogens is 414 g/mol. The zero-order chi connectivity index (χ0) is 23.9. The Bertz CT molecular complexity index is 1030. The maximum atomic E-state index is 12.5. The predicted molar refractivity (Wildman–Crippen MR) is 118 cm³/mol. The van der Waals surface area contributed by atoms with E-state index in [1.807, 2.05) is 62.4 Å². The van der Waals surface area contributed by atoms with Crippen molar-refractivity contribution in [1.29, 1.82) is 0 Å². The van der Waals surface area contributed by atoms with Gasteiger partial charge in [0, 0.05) is 17.8 Å². The molecule has 9 heteroatoms. The molecule has 0 radical (unpaired) electrons. The quantitative estimate of drug-likeness (QED) is 0.444. The molecule has 0 aliphatic carbocycles. The number of hydrogen-bond acceptors (Lipinski definition) is 5. The third kappa shape index (κ3) is 6.02. The molecule has 0 bridgehead atoms. The van der Waals surface area contributed by atoms with Crippen LogP contribution in [0.2, 0.25) is 0 Å². The van der Waals surface area contributed by atoms with E-state index in [4.69, 9.17) is 15.9 Å². The van der Waals surface area contributed by atoms with Gasteiger partial charge in [-0.05, 0) is 42.7 Å². The highest BCUT2D eigenvalue weighted by Gasteiger charge is 2.39. The fourth-order valence-corrected chi connectivity index (χ4v) is 3.21. The highest BCUT2D eigenvalue weighted by Crippen LogP contribution is 2.38. The van der Waals surface area contributed by atoms with Crippen molar-refractivity contribution in [2.45, 2.75) is 25.3 Å². The average Bonchev–Trinajstić information content (AvgIpc) is 2.76. The van der Waals surface area contributed by atoms with Crippen molar-refractivity contribution in [3.8, 4) is 0 Å². The van der Waals surface area contributed by atoms with E-state index in [-0.39, 0.29) is 24.4 Å². The van der Waals surface area contributed by atoms with Crippen molar-refractivity contribution < 1.29 is 29.4 Å². The number of carbonyl (C=O) groups excluding carboxylic acids is 2. The van der Waals surface area contributed by atoms with Crippen LogP contribution in [0.25, 0.3) is 0 Å². The van der Waals surface area contributed by atoms with Gasteiger partial charge in [0.15, 0.2) is 0 Å². The van der Waals surface area contributed by atoms with E-state index >= 15 is 0 Å². The molecule has 1 unspecified atom stereocenters. The number of fused-ring (bicyclic) bond motifs is 1. The van der Waals surface area contributed by atoms with E-state index in [0.717, 1.165) is 16.7 Å². The molecule has 2 aromatic carbocycles. The molecule has 1 heterocycles. The second kappa shape index (κ2) is 10.4. The van der Waals surface area contributed by atoms with Crippen molar-refractivity contribution in [2.75, 3.05) is 11.9 Å². The zero-order valence-corrected chi connectivity index (χ0v) is 17.7. The minimum atomic E-state index is -1.26. The number of nitrogens with two attached hydrogens (primary N) is 1. The molecular formula is C23H25N3O6. The van der Waals surface area contributed by atoms with E-state index in [1.165, 1.54) is 0 Å². The fourth-order valence-electron chi connectivity index (χ4n) is 3.21.